The van der Waals surface area contributed by atoms with Gasteiger partial charge in [-0.2, -0.15) is 0 Å². The third kappa shape index (κ3) is 4.79. The zero-order chi connectivity index (χ0) is 11.5. The van der Waals surface area contributed by atoms with Crippen LogP contribution in [-0.2, 0) is 9.53 Å². The molecule has 0 unspecified atom stereocenters. The molecular formula is C10H12ClINO2-. The van der Waals surface area contributed by atoms with E-state index in [1.54, 1.807) is 16.2 Å². The topological polar surface area (TPSA) is 38.7 Å². The molecule has 0 aromatic carbocycles. The molecule has 1 heterocycles. The first-order valence-electron chi connectivity index (χ1n) is 4.36. The Bertz CT molecular complexity index is 353. The number of esters is 1. The molecule has 0 bridgehead atoms. The number of hydrogen-bond acceptors (Lipinski definition) is 3. The van der Waals surface area contributed by atoms with Crippen molar-refractivity contribution in [3.63, 3.8) is 0 Å². The summed E-state index contributed by atoms with van der Waals surface area (Å²) >= 11 is 5.19. The number of halogens is 2. The summed E-state index contributed by atoms with van der Waals surface area (Å²) < 4.78 is 11.1. The first kappa shape index (κ1) is 12.7. The van der Waals surface area contributed by atoms with Crippen LogP contribution >= 0.6 is 11.6 Å². The van der Waals surface area contributed by atoms with Gasteiger partial charge in [0.2, 0.25) is 0 Å². The quantitative estimate of drug-likeness (QED) is 0.473. The van der Waals surface area contributed by atoms with E-state index in [1.165, 1.54) is 0 Å². The molecule has 0 saturated heterocycles. The van der Waals surface area contributed by atoms with Crippen molar-refractivity contribution in [3.8, 4) is 0 Å². The van der Waals surface area contributed by atoms with Gasteiger partial charge < -0.3 is 0 Å². The van der Waals surface area contributed by atoms with Crippen LogP contribution in [0.4, 0.5) is 0 Å². The van der Waals surface area contributed by atoms with Gasteiger partial charge in [-0.1, -0.05) is 0 Å². The van der Waals surface area contributed by atoms with E-state index in [0.717, 1.165) is 0 Å². The van der Waals surface area contributed by atoms with Gasteiger partial charge in [-0.05, 0) is 0 Å². The van der Waals surface area contributed by atoms with Crippen LogP contribution in [-0.4, -0.2) is 16.7 Å². The van der Waals surface area contributed by atoms with Crippen molar-refractivity contribution in [2.24, 2.45) is 3.21 Å². The Hall–Kier alpha value is -0.360. The Balaban J connectivity index is 2.70. The van der Waals surface area contributed by atoms with Crippen LogP contribution in [0.5, 0.6) is 0 Å². The molecule has 0 radical (unpaired) electrons. The van der Waals surface area contributed by atoms with Crippen molar-refractivity contribution in [3.05, 3.63) is 21.8 Å². The molecule has 0 atom stereocenters. The summed E-state index contributed by atoms with van der Waals surface area (Å²) in [7, 11) is 0. The molecule has 0 spiro atoms. The van der Waals surface area contributed by atoms with Crippen molar-refractivity contribution >= 4 is 22.7 Å². The summed E-state index contributed by atoms with van der Waals surface area (Å²) in [5.74, 6) is -0.319. The summed E-state index contributed by atoms with van der Waals surface area (Å²) in [6, 6.07) is 0. The Morgan fingerprint density at radius 2 is 2.13 bits per heavy atom. The van der Waals surface area contributed by atoms with Gasteiger partial charge in [0.05, 0.1) is 0 Å². The van der Waals surface area contributed by atoms with E-state index in [-0.39, 0.29) is 5.97 Å². The Morgan fingerprint density at radius 1 is 1.47 bits per heavy atom. The molecule has 0 saturated carbocycles. The van der Waals surface area contributed by atoms with Crippen LogP contribution in [0.15, 0.2) is 25.0 Å². The monoisotopic (exact) mass is 340 g/mol. The number of allylic oxidation sites excluding steroid dienone is 1. The summed E-state index contributed by atoms with van der Waals surface area (Å²) in [5, 5.41) is 0.442. The van der Waals surface area contributed by atoms with Crippen LogP contribution < -0.4 is 21.5 Å². The second-order valence-electron chi connectivity index (χ2n) is 3.90. The average molecular weight is 341 g/mol. The van der Waals surface area contributed by atoms with E-state index >= 15 is 0 Å². The summed E-state index contributed by atoms with van der Waals surface area (Å²) in [6.45, 7) is 5.51. The summed E-state index contributed by atoms with van der Waals surface area (Å²) in [5.41, 5.74) is 0.0678. The maximum atomic E-state index is 11.7. The van der Waals surface area contributed by atoms with Gasteiger partial charge in [-0.3, -0.25) is 0 Å². The number of hydrogen-bond donors (Lipinski definition) is 0. The third-order valence-corrected chi connectivity index (χ3v) is 3.57. The normalized spacial score (nSPS) is 17.1. The van der Waals surface area contributed by atoms with Gasteiger partial charge in [-0.15, -0.1) is 0 Å². The molecule has 1 rings (SSSR count). The molecule has 5 heteroatoms. The van der Waals surface area contributed by atoms with Gasteiger partial charge in [0, 0.05) is 0 Å². The zero-order valence-corrected chi connectivity index (χ0v) is 11.7. The molecule has 0 aromatic rings. The molecule has 0 aromatic heterocycles. The van der Waals surface area contributed by atoms with Gasteiger partial charge >= 0.3 is 105 Å². The minimum absolute atomic E-state index is 0.319. The van der Waals surface area contributed by atoms with E-state index in [1.807, 2.05) is 20.8 Å². The van der Waals surface area contributed by atoms with Gasteiger partial charge in [0.25, 0.3) is 0 Å². The van der Waals surface area contributed by atoms with Crippen LogP contribution in [0.25, 0.3) is 0 Å². The van der Waals surface area contributed by atoms with Gasteiger partial charge in [0.1, 0.15) is 0 Å². The van der Waals surface area contributed by atoms with Crippen molar-refractivity contribution < 1.29 is 31.0 Å². The SMILES string of the molecule is CC(C)(C)OC(=O)C1=C[I-]N=C(Cl)C=C1. The zero-order valence-electron chi connectivity index (χ0n) is 8.75. The molecule has 1 aliphatic heterocycles. The first-order valence-corrected chi connectivity index (χ1v) is 6.95. The number of ether oxygens (including phenoxy) is 1. The second kappa shape index (κ2) is 5.12. The number of nitrogens with zero attached hydrogens (tertiary/aromatic N) is 1. The second-order valence-corrected chi connectivity index (χ2v) is 5.95. The number of rotatable bonds is 1. The minimum atomic E-state index is -0.539. The number of carbonyl (C=O) groups excluding carboxylic acids is 1. The molecule has 0 aliphatic carbocycles. The summed E-state index contributed by atoms with van der Waals surface area (Å²) in [6.07, 6.45) is 3.26. The Kier molecular flexibility index (Phi) is 4.33. The molecule has 3 nitrogen and oxygen atoms in total. The van der Waals surface area contributed by atoms with Crippen LogP contribution in [0.3, 0.4) is 0 Å². The van der Waals surface area contributed by atoms with Crippen molar-refractivity contribution in [2.45, 2.75) is 26.4 Å². The fraction of sp³-hybridized carbons (Fsp3) is 0.400. The van der Waals surface area contributed by atoms with Crippen molar-refractivity contribution in [2.75, 3.05) is 0 Å². The average Bonchev–Trinajstić information content (AvgIpc) is 2.26. The Morgan fingerprint density at radius 3 is 2.73 bits per heavy atom. The molecule has 15 heavy (non-hydrogen) atoms. The third-order valence-electron chi connectivity index (χ3n) is 1.33. The van der Waals surface area contributed by atoms with Crippen LogP contribution in [0.2, 0.25) is 0 Å². The van der Waals surface area contributed by atoms with Crippen molar-refractivity contribution in [1.29, 1.82) is 0 Å². The summed E-state index contributed by atoms with van der Waals surface area (Å²) in [4.78, 5) is 11.7. The predicted octanol–water partition coefficient (Wildman–Crippen LogP) is -0.577. The van der Waals surface area contributed by atoms with E-state index in [2.05, 4.69) is 3.21 Å². The predicted molar refractivity (Wildman–Crippen MR) is 56.4 cm³/mol. The fourth-order valence-electron chi connectivity index (χ4n) is 0.796. The van der Waals surface area contributed by atoms with Crippen molar-refractivity contribution in [1.82, 2.24) is 0 Å². The van der Waals surface area contributed by atoms with Crippen LogP contribution in [0.1, 0.15) is 20.8 Å². The first-order chi connectivity index (χ1) is 6.88. The standard InChI is InChI=1S/C10H12ClINO2/c1-10(2,3)15-9(14)7-4-5-8(11)13-12-6-7/h4-6H,1-3H3/q-1. The molecule has 0 amide bonds. The van der Waals surface area contributed by atoms with E-state index in [4.69, 9.17) is 16.3 Å². The molecule has 0 N–H and O–H groups in total. The van der Waals surface area contributed by atoms with Gasteiger partial charge in [0.15, 0.2) is 0 Å². The molecule has 84 valence electrons. The molecule has 0 fully saturated rings. The maximum absolute atomic E-state index is 11.7. The van der Waals surface area contributed by atoms with E-state index in [9.17, 15) is 4.79 Å². The van der Waals surface area contributed by atoms with Crippen LogP contribution in [0, 0.1) is 0 Å². The molecule has 1 aliphatic rings. The van der Waals surface area contributed by atoms with E-state index in [0.29, 0.717) is 10.7 Å². The fourth-order valence-corrected chi connectivity index (χ4v) is 2.43. The van der Waals surface area contributed by atoms with E-state index < -0.39 is 27.1 Å². The van der Waals surface area contributed by atoms with Gasteiger partial charge in [-0.25, -0.2) is 0 Å². The number of carbonyl (C=O) groups is 1. The Labute approximate surface area is 105 Å². The molecular weight excluding hydrogens is 328 g/mol.